The molecule has 1 atom stereocenters. The number of methoxy groups -OCH3 is 1. The second kappa shape index (κ2) is 6.79. The van der Waals surface area contributed by atoms with Crippen molar-refractivity contribution in [2.75, 3.05) is 7.11 Å². The third kappa shape index (κ3) is 3.49. The van der Waals surface area contributed by atoms with E-state index in [9.17, 15) is 5.11 Å². The molecule has 1 fully saturated rings. The van der Waals surface area contributed by atoms with Gasteiger partial charge in [0.15, 0.2) is 0 Å². The summed E-state index contributed by atoms with van der Waals surface area (Å²) in [5.74, 6) is 1.48. The van der Waals surface area contributed by atoms with E-state index in [4.69, 9.17) is 4.74 Å². The van der Waals surface area contributed by atoms with Crippen LogP contribution < -0.4 is 4.74 Å². The lowest BCUT2D eigenvalue weighted by molar-refractivity contribution is 0.136. The van der Waals surface area contributed by atoms with Gasteiger partial charge in [0.05, 0.1) is 13.2 Å². The van der Waals surface area contributed by atoms with Gasteiger partial charge in [0.25, 0.3) is 0 Å². The number of aliphatic hydroxyl groups is 1. The van der Waals surface area contributed by atoms with E-state index in [1.54, 1.807) is 7.11 Å². The van der Waals surface area contributed by atoms with E-state index in [0.717, 1.165) is 17.7 Å². The standard InChI is InChI=1S/C16H24O2/c1-18-16-11-7-6-10-14(16)15(17)12-13-8-4-2-3-5-9-13/h6-7,10-11,13,15,17H,2-5,8-9,12H2,1H3. The van der Waals surface area contributed by atoms with E-state index in [0.29, 0.717) is 5.92 Å². The topological polar surface area (TPSA) is 29.5 Å². The number of hydrogen-bond acceptors (Lipinski definition) is 2. The summed E-state index contributed by atoms with van der Waals surface area (Å²) < 4.78 is 5.32. The fourth-order valence-electron chi connectivity index (χ4n) is 2.98. The molecule has 18 heavy (non-hydrogen) atoms. The van der Waals surface area contributed by atoms with Crippen molar-refractivity contribution in [2.24, 2.45) is 5.92 Å². The Labute approximate surface area is 110 Å². The summed E-state index contributed by atoms with van der Waals surface area (Å²) in [4.78, 5) is 0. The normalized spacial score (nSPS) is 19.2. The van der Waals surface area contributed by atoms with Gasteiger partial charge in [0, 0.05) is 5.56 Å². The maximum atomic E-state index is 10.4. The fraction of sp³-hybridized carbons (Fsp3) is 0.625. The van der Waals surface area contributed by atoms with Gasteiger partial charge in [-0.15, -0.1) is 0 Å². The number of aliphatic hydroxyl groups excluding tert-OH is 1. The van der Waals surface area contributed by atoms with Gasteiger partial charge in [-0.2, -0.15) is 0 Å². The molecule has 1 saturated carbocycles. The van der Waals surface area contributed by atoms with Crippen molar-refractivity contribution in [3.05, 3.63) is 29.8 Å². The minimum Gasteiger partial charge on any atom is -0.496 e. The first-order valence-corrected chi connectivity index (χ1v) is 7.12. The average Bonchev–Trinajstić information content (AvgIpc) is 2.67. The van der Waals surface area contributed by atoms with Crippen LogP contribution in [0, 0.1) is 5.92 Å². The van der Waals surface area contributed by atoms with Gasteiger partial charge in [-0.25, -0.2) is 0 Å². The highest BCUT2D eigenvalue weighted by atomic mass is 16.5. The monoisotopic (exact) mass is 248 g/mol. The molecule has 100 valence electrons. The van der Waals surface area contributed by atoms with Crippen molar-refractivity contribution < 1.29 is 9.84 Å². The van der Waals surface area contributed by atoms with Crippen LogP contribution in [0.2, 0.25) is 0 Å². The fourth-order valence-corrected chi connectivity index (χ4v) is 2.98. The molecule has 1 aliphatic carbocycles. The van der Waals surface area contributed by atoms with Crippen LogP contribution in [0.15, 0.2) is 24.3 Å². The predicted molar refractivity (Wildman–Crippen MR) is 73.8 cm³/mol. The lowest BCUT2D eigenvalue weighted by atomic mass is 9.91. The minimum absolute atomic E-state index is 0.385. The van der Waals surface area contributed by atoms with E-state index in [-0.39, 0.29) is 6.10 Å². The van der Waals surface area contributed by atoms with E-state index in [1.165, 1.54) is 38.5 Å². The molecule has 1 aromatic carbocycles. The van der Waals surface area contributed by atoms with Gasteiger partial charge in [0.2, 0.25) is 0 Å². The van der Waals surface area contributed by atoms with Crippen molar-refractivity contribution >= 4 is 0 Å². The number of benzene rings is 1. The maximum absolute atomic E-state index is 10.4. The van der Waals surface area contributed by atoms with Gasteiger partial charge in [-0.1, -0.05) is 56.7 Å². The Hall–Kier alpha value is -1.02. The van der Waals surface area contributed by atoms with Crippen LogP contribution in [0.1, 0.15) is 56.6 Å². The molecular weight excluding hydrogens is 224 g/mol. The molecule has 1 aliphatic rings. The molecule has 0 saturated heterocycles. The summed E-state index contributed by atoms with van der Waals surface area (Å²) in [5.41, 5.74) is 0.934. The Kier molecular flexibility index (Phi) is 5.06. The highest BCUT2D eigenvalue weighted by Gasteiger charge is 2.19. The molecule has 0 spiro atoms. The molecule has 0 heterocycles. The van der Waals surface area contributed by atoms with Crippen molar-refractivity contribution in [2.45, 2.75) is 51.0 Å². The lowest BCUT2D eigenvalue weighted by Crippen LogP contribution is -2.08. The van der Waals surface area contributed by atoms with Crippen molar-refractivity contribution in [3.8, 4) is 5.75 Å². The van der Waals surface area contributed by atoms with E-state index >= 15 is 0 Å². The smallest absolute Gasteiger partial charge is 0.124 e. The molecule has 2 rings (SSSR count). The maximum Gasteiger partial charge on any atom is 0.124 e. The molecule has 1 aromatic rings. The molecule has 0 aromatic heterocycles. The van der Waals surface area contributed by atoms with Gasteiger partial charge >= 0.3 is 0 Å². The number of hydrogen-bond donors (Lipinski definition) is 1. The van der Waals surface area contributed by atoms with Crippen LogP contribution in [0.5, 0.6) is 5.75 Å². The Morgan fingerprint density at radius 3 is 2.50 bits per heavy atom. The zero-order valence-electron chi connectivity index (χ0n) is 11.3. The van der Waals surface area contributed by atoms with Crippen LogP contribution in [0.25, 0.3) is 0 Å². The van der Waals surface area contributed by atoms with Crippen LogP contribution in [0.4, 0.5) is 0 Å². The minimum atomic E-state index is -0.385. The Morgan fingerprint density at radius 1 is 1.17 bits per heavy atom. The molecule has 2 heteroatoms. The van der Waals surface area contributed by atoms with E-state index < -0.39 is 0 Å². The first-order chi connectivity index (χ1) is 8.81. The van der Waals surface area contributed by atoms with Gasteiger partial charge in [0.1, 0.15) is 5.75 Å². The Morgan fingerprint density at radius 2 is 1.83 bits per heavy atom. The highest BCUT2D eigenvalue weighted by molar-refractivity contribution is 5.34. The SMILES string of the molecule is COc1ccccc1C(O)CC1CCCCCC1. The highest BCUT2D eigenvalue weighted by Crippen LogP contribution is 2.34. The summed E-state index contributed by atoms with van der Waals surface area (Å²) in [6.07, 6.45) is 8.40. The second-order valence-electron chi connectivity index (χ2n) is 5.35. The molecule has 1 unspecified atom stereocenters. The quantitative estimate of drug-likeness (QED) is 0.813. The van der Waals surface area contributed by atoms with Crippen LogP contribution in [-0.2, 0) is 0 Å². The lowest BCUT2D eigenvalue weighted by Gasteiger charge is -2.20. The van der Waals surface area contributed by atoms with Gasteiger partial charge in [-0.05, 0) is 18.4 Å². The number of para-hydroxylation sites is 1. The van der Waals surface area contributed by atoms with E-state index in [1.807, 2.05) is 24.3 Å². The third-order valence-corrected chi connectivity index (χ3v) is 4.03. The summed E-state index contributed by atoms with van der Waals surface area (Å²) in [7, 11) is 1.66. The molecular formula is C16H24O2. The Bertz CT molecular complexity index is 354. The number of rotatable bonds is 4. The van der Waals surface area contributed by atoms with Gasteiger partial charge < -0.3 is 9.84 Å². The van der Waals surface area contributed by atoms with Crippen molar-refractivity contribution in [1.82, 2.24) is 0 Å². The predicted octanol–water partition coefficient (Wildman–Crippen LogP) is 4.09. The van der Waals surface area contributed by atoms with Crippen molar-refractivity contribution in [3.63, 3.8) is 0 Å². The summed E-state index contributed by atoms with van der Waals surface area (Å²) >= 11 is 0. The molecule has 1 N–H and O–H groups in total. The third-order valence-electron chi connectivity index (χ3n) is 4.03. The molecule has 2 nitrogen and oxygen atoms in total. The summed E-state index contributed by atoms with van der Waals surface area (Å²) in [5, 5.41) is 10.4. The first-order valence-electron chi connectivity index (χ1n) is 7.12. The largest absolute Gasteiger partial charge is 0.496 e. The zero-order valence-corrected chi connectivity index (χ0v) is 11.3. The van der Waals surface area contributed by atoms with Crippen LogP contribution in [0.3, 0.4) is 0 Å². The molecule has 0 aliphatic heterocycles. The summed E-state index contributed by atoms with van der Waals surface area (Å²) in [6.45, 7) is 0. The van der Waals surface area contributed by atoms with Gasteiger partial charge in [-0.3, -0.25) is 0 Å². The second-order valence-corrected chi connectivity index (χ2v) is 5.35. The van der Waals surface area contributed by atoms with Crippen LogP contribution in [-0.4, -0.2) is 12.2 Å². The molecule has 0 radical (unpaired) electrons. The van der Waals surface area contributed by atoms with Crippen molar-refractivity contribution in [1.29, 1.82) is 0 Å². The number of ether oxygens (including phenoxy) is 1. The van der Waals surface area contributed by atoms with Crippen LogP contribution >= 0.6 is 0 Å². The summed E-state index contributed by atoms with van der Waals surface area (Å²) in [6, 6.07) is 7.81. The molecule has 0 amide bonds. The van der Waals surface area contributed by atoms with E-state index in [2.05, 4.69) is 0 Å². The average molecular weight is 248 g/mol. The molecule has 0 bridgehead atoms. The first kappa shape index (κ1) is 13.4. The zero-order chi connectivity index (χ0) is 12.8. The Balaban J connectivity index is 1.99.